The Kier molecular flexibility index (Phi) is 3.73. The zero-order chi connectivity index (χ0) is 16.7. The molecule has 4 rings (SSSR count). The summed E-state index contributed by atoms with van der Waals surface area (Å²) in [4.78, 5) is 12.9. The molecule has 2 aromatic carbocycles. The van der Waals surface area contributed by atoms with Crippen LogP contribution in [0.4, 0.5) is 0 Å². The van der Waals surface area contributed by atoms with Crippen molar-refractivity contribution < 1.29 is 0 Å². The van der Waals surface area contributed by atoms with Crippen LogP contribution >= 0.6 is 0 Å². The van der Waals surface area contributed by atoms with Crippen molar-refractivity contribution in [2.45, 2.75) is 33.4 Å². The first kappa shape index (κ1) is 15.2. The largest absolute Gasteiger partial charge is 0.340 e. The number of rotatable bonds is 2. The maximum Gasteiger partial charge on any atom is 0.194 e. The third-order valence-corrected chi connectivity index (χ3v) is 4.94. The Hall–Kier alpha value is -2.39. The molecule has 1 aliphatic heterocycles. The highest BCUT2D eigenvalue weighted by Gasteiger charge is 2.19. The molecule has 0 fully saturated rings. The van der Waals surface area contributed by atoms with Crippen molar-refractivity contribution in [3.8, 4) is 0 Å². The van der Waals surface area contributed by atoms with Crippen molar-refractivity contribution in [3.63, 3.8) is 0 Å². The van der Waals surface area contributed by atoms with Gasteiger partial charge < -0.3 is 9.88 Å². The van der Waals surface area contributed by atoms with Crippen LogP contribution in [0.2, 0.25) is 0 Å². The second-order valence-electron chi connectivity index (χ2n) is 6.77. The Balaban J connectivity index is 1.96. The van der Waals surface area contributed by atoms with Crippen LogP contribution in [0.3, 0.4) is 0 Å². The zero-order valence-electron chi connectivity index (χ0n) is 14.2. The maximum absolute atomic E-state index is 12.9. The SMILES string of the molecule is Cc1ccc(Cn2c3c(c(=O)c4cc(C)ccc42)CNCC3)cc1. The summed E-state index contributed by atoms with van der Waals surface area (Å²) >= 11 is 0. The number of fused-ring (bicyclic) bond motifs is 2. The van der Waals surface area contributed by atoms with Gasteiger partial charge in [-0.15, -0.1) is 0 Å². The molecule has 0 aliphatic carbocycles. The van der Waals surface area contributed by atoms with E-state index >= 15 is 0 Å². The summed E-state index contributed by atoms with van der Waals surface area (Å²) in [7, 11) is 0. The number of hydrogen-bond donors (Lipinski definition) is 1. The quantitative estimate of drug-likeness (QED) is 0.786. The van der Waals surface area contributed by atoms with Crippen LogP contribution in [0.5, 0.6) is 0 Å². The molecule has 0 atom stereocenters. The van der Waals surface area contributed by atoms with Crippen LogP contribution in [0.15, 0.2) is 47.3 Å². The second-order valence-corrected chi connectivity index (χ2v) is 6.77. The molecule has 1 aliphatic rings. The first-order chi connectivity index (χ1) is 11.6. The number of hydrogen-bond acceptors (Lipinski definition) is 2. The topological polar surface area (TPSA) is 34.0 Å². The third kappa shape index (κ3) is 2.55. The molecule has 0 saturated heterocycles. The summed E-state index contributed by atoms with van der Waals surface area (Å²) in [5.74, 6) is 0. The van der Waals surface area contributed by atoms with Crippen LogP contribution in [0.1, 0.15) is 27.9 Å². The van der Waals surface area contributed by atoms with E-state index in [1.54, 1.807) is 0 Å². The lowest BCUT2D eigenvalue weighted by atomic mass is 10.0. The summed E-state index contributed by atoms with van der Waals surface area (Å²) in [6, 6.07) is 14.9. The Bertz CT molecular complexity index is 968. The molecule has 122 valence electrons. The summed E-state index contributed by atoms with van der Waals surface area (Å²) in [5, 5.41) is 4.18. The van der Waals surface area contributed by atoms with Gasteiger partial charge >= 0.3 is 0 Å². The Morgan fingerprint density at radius 2 is 1.79 bits per heavy atom. The average Bonchev–Trinajstić information content (AvgIpc) is 2.60. The van der Waals surface area contributed by atoms with Crippen molar-refractivity contribution >= 4 is 10.9 Å². The highest BCUT2D eigenvalue weighted by atomic mass is 16.1. The standard InChI is InChI=1S/C21H22N2O/c1-14-3-6-16(7-4-14)13-23-19-8-5-15(2)11-17(19)21(24)18-12-22-10-9-20(18)23/h3-8,11,22H,9-10,12-13H2,1-2H3. The molecule has 0 saturated carbocycles. The Labute approximate surface area is 141 Å². The van der Waals surface area contributed by atoms with Crippen molar-refractivity contribution in [1.29, 1.82) is 0 Å². The van der Waals surface area contributed by atoms with E-state index in [1.165, 1.54) is 16.8 Å². The minimum absolute atomic E-state index is 0.191. The molecular weight excluding hydrogens is 296 g/mol. The molecule has 1 N–H and O–H groups in total. The van der Waals surface area contributed by atoms with Crippen molar-refractivity contribution in [2.75, 3.05) is 6.54 Å². The maximum atomic E-state index is 12.9. The third-order valence-electron chi connectivity index (χ3n) is 4.94. The molecule has 3 aromatic rings. The van der Waals surface area contributed by atoms with Crippen LogP contribution in [-0.2, 0) is 19.5 Å². The molecule has 0 amide bonds. The molecule has 1 aromatic heterocycles. The predicted octanol–water partition coefficient (Wildman–Crippen LogP) is 3.31. The van der Waals surface area contributed by atoms with Gasteiger partial charge in [0.15, 0.2) is 5.43 Å². The molecular formula is C21H22N2O. The molecule has 24 heavy (non-hydrogen) atoms. The highest BCUT2D eigenvalue weighted by Crippen LogP contribution is 2.22. The number of nitrogens with zero attached hydrogens (tertiary/aromatic N) is 1. The first-order valence-electron chi connectivity index (χ1n) is 8.54. The molecule has 0 unspecified atom stereocenters. The van der Waals surface area contributed by atoms with E-state index in [-0.39, 0.29) is 5.43 Å². The van der Waals surface area contributed by atoms with Crippen molar-refractivity contribution in [1.82, 2.24) is 9.88 Å². The van der Waals surface area contributed by atoms with E-state index in [4.69, 9.17) is 0 Å². The normalized spacial score (nSPS) is 13.9. The van der Waals surface area contributed by atoms with Crippen molar-refractivity contribution in [3.05, 3.63) is 80.6 Å². The minimum atomic E-state index is 0.191. The summed E-state index contributed by atoms with van der Waals surface area (Å²) in [6.45, 7) is 6.56. The summed E-state index contributed by atoms with van der Waals surface area (Å²) < 4.78 is 2.34. The molecule has 0 bridgehead atoms. The van der Waals surface area contributed by atoms with Gasteiger partial charge in [-0.3, -0.25) is 4.79 Å². The van der Waals surface area contributed by atoms with E-state index in [9.17, 15) is 4.79 Å². The van der Waals surface area contributed by atoms with Gasteiger partial charge in [0, 0.05) is 42.7 Å². The fourth-order valence-corrected chi connectivity index (χ4v) is 3.61. The lowest BCUT2D eigenvalue weighted by Gasteiger charge is -2.24. The van der Waals surface area contributed by atoms with E-state index in [0.29, 0.717) is 6.54 Å². The van der Waals surface area contributed by atoms with Gasteiger partial charge in [0.05, 0.1) is 5.52 Å². The van der Waals surface area contributed by atoms with Crippen LogP contribution in [0, 0.1) is 13.8 Å². The van der Waals surface area contributed by atoms with Gasteiger partial charge in [-0.25, -0.2) is 0 Å². The van der Waals surface area contributed by atoms with E-state index in [0.717, 1.165) is 41.5 Å². The number of pyridine rings is 1. The van der Waals surface area contributed by atoms with E-state index in [2.05, 4.69) is 53.2 Å². The van der Waals surface area contributed by atoms with Gasteiger partial charge in [-0.05, 0) is 31.5 Å². The lowest BCUT2D eigenvalue weighted by molar-refractivity contribution is 0.596. The van der Waals surface area contributed by atoms with Gasteiger partial charge in [-0.2, -0.15) is 0 Å². The number of aryl methyl sites for hydroxylation is 2. The predicted molar refractivity (Wildman–Crippen MR) is 98.6 cm³/mol. The Morgan fingerprint density at radius 3 is 2.58 bits per heavy atom. The van der Waals surface area contributed by atoms with E-state index in [1.807, 2.05) is 13.0 Å². The monoisotopic (exact) mass is 318 g/mol. The van der Waals surface area contributed by atoms with Crippen molar-refractivity contribution in [2.24, 2.45) is 0 Å². The lowest BCUT2D eigenvalue weighted by Crippen LogP contribution is -2.33. The van der Waals surface area contributed by atoms with Gasteiger partial charge in [-0.1, -0.05) is 41.5 Å². The van der Waals surface area contributed by atoms with Gasteiger partial charge in [0.25, 0.3) is 0 Å². The second kappa shape index (κ2) is 5.91. The Morgan fingerprint density at radius 1 is 1.04 bits per heavy atom. The van der Waals surface area contributed by atoms with Gasteiger partial charge in [0.1, 0.15) is 0 Å². The molecule has 3 heteroatoms. The van der Waals surface area contributed by atoms with Crippen LogP contribution in [-0.4, -0.2) is 11.1 Å². The highest BCUT2D eigenvalue weighted by molar-refractivity contribution is 5.81. The number of benzene rings is 2. The number of aromatic nitrogens is 1. The van der Waals surface area contributed by atoms with Gasteiger partial charge in [0.2, 0.25) is 0 Å². The van der Waals surface area contributed by atoms with Crippen LogP contribution < -0.4 is 10.7 Å². The summed E-state index contributed by atoms with van der Waals surface area (Å²) in [5.41, 5.74) is 7.03. The zero-order valence-corrected chi connectivity index (χ0v) is 14.2. The fourth-order valence-electron chi connectivity index (χ4n) is 3.61. The molecule has 2 heterocycles. The minimum Gasteiger partial charge on any atom is -0.340 e. The first-order valence-corrected chi connectivity index (χ1v) is 8.54. The van der Waals surface area contributed by atoms with E-state index < -0.39 is 0 Å². The summed E-state index contributed by atoms with van der Waals surface area (Å²) in [6.07, 6.45) is 0.903. The molecule has 3 nitrogen and oxygen atoms in total. The molecule has 0 radical (unpaired) electrons. The smallest absolute Gasteiger partial charge is 0.194 e. The molecule has 0 spiro atoms. The fraction of sp³-hybridized carbons (Fsp3) is 0.286. The van der Waals surface area contributed by atoms with Crippen LogP contribution in [0.25, 0.3) is 10.9 Å². The average molecular weight is 318 g/mol. The number of nitrogens with one attached hydrogen (secondary N) is 1.